The van der Waals surface area contributed by atoms with Gasteiger partial charge in [0.15, 0.2) is 11.2 Å². The first-order valence-corrected chi connectivity index (χ1v) is 8.25. The zero-order valence-corrected chi connectivity index (χ0v) is 14.5. The van der Waals surface area contributed by atoms with Crippen LogP contribution in [0.3, 0.4) is 0 Å². The predicted octanol–water partition coefficient (Wildman–Crippen LogP) is 1.74. The zero-order chi connectivity index (χ0) is 18.0. The summed E-state index contributed by atoms with van der Waals surface area (Å²) in [5.74, 6) is -0.514. The third kappa shape index (κ3) is 3.53. The number of carbonyl (C=O) groups is 1. The minimum Gasteiger partial charge on any atom is -0.347 e. The van der Waals surface area contributed by atoms with Crippen LogP contribution < -0.4 is 10.9 Å². The monoisotopic (exact) mass is 360 g/mol. The molecule has 0 bridgehead atoms. The number of aromatic amines is 1. The zero-order valence-electron chi connectivity index (χ0n) is 13.8. The molecule has 2 heterocycles. The second kappa shape index (κ2) is 7.02. The Balaban J connectivity index is 2.00. The molecule has 0 aliphatic rings. The van der Waals surface area contributed by atoms with Gasteiger partial charge < -0.3 is 10.3 Å². The van der Waals surface area contributed by atoms with Gasteiger partial charge in [0.05, 0.1) is 6.54 Å². The van der Waals surface area contributed by atoms with E-state index in [1.165, 1.54) is 4.68 Å². The van der Waals surface area contributed by atoms with Crippen LogP contribution >= 0.6 is 11.6 Å². The molecule has 1 aromatic carbocycles. The van der Waals surface area contributed by atoms with Gasteiger partial charge in [-0.15, -0.1) is 5.10 Å². The highest BCUT2D eigenvalue weighted by molar-refractivity contribution is 6.31. The summed E-state index contributed by atoms with van der Waals surface area (Å²) < 4.78 is 1.45. The maximum Gasteiger partial charge on any atom is 0.287 e. The van der Waals surface area contributed by atoms with E-state index < -0.39 is 11.5 Å². The molecular formula is C16H17ClN6O2. The van der Waals surface area contributed by atoms with Crippen LogP contribution in [-0.4, -0.2) is 36.9 Å². The summed E-state index contributed by atoms with van der Waals surface area (Å²) in [5, 5.41) is 11.2. The SMILES string of the molecule is CC[C@@H](C)NC(=O)c1nc2c(nnn2Cc2ccccc2Cl)c(=O)[nH]1. The summed E-state index contributed by atoms with van der Waals surface area (Å²) in [4.78, 5) is 31.1. The van der Waals surface area contributed by atoms with Crippen LogP contribution in [0.1, 0.15) is 36.5 Å². The Kier molecular flexibility index (Phi) is 4.80. The number of hydrogen-bond donors (Lipinski definition) is 2. The van der Waals surface area contributed by atoms with Gasteiger partial charge in [-0.2, -0.15) is 0 Å². The molecule has 0 unspecified atom stereocenters. The maximum atomic E-state index is 12.2. The van der Waals surface area contributed by atoms with Gasteiger partial charge in [-0.05, 0) is 25.0 Å². The van der Waals surface area contributed by atoms with Gasteiger partial charge in [-0.1, -0.05) is 41.9 Å². The van der Waals surface area contributed by atoms with Crippen molar-refractivity contribution in [3.8, 4) is 0 Å². The summed E-state index contributed by atoms with van der Waals surface area (Å²) in [7, 11) is 0. The molecule has 25 heavy (non-hydrogen) atoms. The van der Waals surface area contributed by atoms with Gasteiger partial charge in [0.2, 0.25) is 5.82 Å². The topological polar surface area (TPSA) is 106 Å². The molecule has 9 heteroatoms. The minimum absolute atomic E-state index is 0.0281. The molecular weight excluding hydrogens is 344 g/mol. The maximum absolute atomic E-state index is 12.2. The van der Waals surface area contributed by atoms with Gasteiger partial charge >= 0.3 is 0 Å². The van der Waals surface area contributed by atoms with Crippen LogP contribution in [-0.2, 0) is 6.54 Å². The summed E-state index contributed by atoms with van der Waals surface area (Å²) in [6.45, 7) is 4.11. The fourth-order valence-electron chi connectivity index (χ4n) is 2.26. The first-order valence-electron chi connectivity index (χ1n) is 7.87. The Morgan fingerprint density at radius 3 is 2.88 bits per heavy atom. The van der Waals surface area contributed by atoms with E-state index in [-0.39, 0.29) is 23.0 Å². The van der Waals surface area contributed by atoms with Crippen LogP contribution in [0, 0.1) is 0 Å². The Labute approximate surface area is 148 Å². The standard InChI is InChI=1S/C16H17ClN6O2/c1-3-9(2)18-16(25)13-19-14-12(15(24)20-13)21-22-23(14)8-10-6-4-5-7-11(10)17/h4-7,9H,3,8H2,1-2H3,(H,18,25)(H,19,20,24)/t9-/m1/s1. The molecule has 0 aliphatic carbocycles. The molecule has 2 aromatic heterocycles. The molecule has 3 rings (SSSR count). The van der Waals surface area contributed by atoms with Gasteiger partial charge in [-0.3, -0.25) is 9.59 Å². The Bertz CT molecular complexity index is 980. The highest BCUT2D eigenvalue weighted by Crippen LogP contribution is 2.17. The molecule has 0 saturated heterocycles. The smallest absolute Gasteiger partial charge is 0.287 e. The van der Waals surface area contributed by atoms with Crippen molar-refractivity contribution in [2.24, 2.45) is 0 Å². The number of hydrogen-bond acceptors (Lipinski definition) is 5. The number of H-pyrrole nitrogens is 1. The highest BCUT2D eigenvalue weighted by atomic mass is 35.5. The number of nitrogens with one attached hydrogen (secondary N) is 2. The molecule has 0 spiro atoms. The van der Waals surface area contributed by atoms with Crippen LogP contribution in [0.5, 0.6) is 0 Å². The molecule has 1 atom stereocenters. The van der Waals surface area contributed by atoms with Crippen LogP contribution in [0.2, 0.25) is 5.02 Å². The van der Waals surface area contributed by atoms with Gasteiger partial charge in [0.25, 0.3) is 11.5 Å². The molecule has 8 nitrogen and oxygen atoms in total. The van der Waals surface area contributed by atoms with E-state index in [4.69, 9.17) is 11.6 Å². The predicted molar refractivity (Wildman–Crippen MR) is 93.7 cm³/mol. The Morgan fingerprint density at radius 1 is 1.40 bits per heavy atom. The first-order chi connectivity index (χ1) is 12.0. The largest absolute Gasteiger partial charge is 0.347 e. The molecule has 0 aliphatic heterocycles. The Hall–Kier alpha value is -2.74. The van der Waals surface area contributed by atoms with Gasteiger partial charge in [0, 0.05) is 11.1 Å². The average molecular weight is 361 g/mol. The molecule has 130 valence electrons. The lowest BCUT2D eigenvalue weighted by atomic mass is 10.2. The third-order valence-corrected chi connectivity index (χ3v) is 4.23. The van der Waals surface area contributed by atoms with E-state index in [1.807, 2.05) is 32.0 Å². The first kappa shape index (κ1) is 17.1. The number of rotatable bonds is 5. The number of halogens is 1. The van der Waals surface area contributed by atoms with Crippen molar-refractivity contribution in [3.63, 3.8) is 0 Å². The van der Waals surface area contributed by atoms with E-state index >= 15 is 0 Å². The van der Waals surface area contributed by atoms with Crippen molar-refractivity contribution < 1.29 is 4.79 Å². The van der Waals surface area contributed by atoms with E-state index in [1.54, 1.807) is 6.07 Å². The van der Waals surface area contributed by atoms with Crippen molar-refractivity contribution in [2.45, 2.75) is 32.9 Å². The normalized spacial score (nSPS) is 12.3. The second-order valence-corrected chi connectivity index (χ2v) is 6.12. The molecule has 0 fully saturated rings. The lowest BCUT2D eigenvalue weighted by molar-refractivity contribution is 0.0928. The van der Waals surface area contributed by atoms with Crippen molar-refractivity contribution in [1.29, 1.82) is 0 Å². The fourth-order valence-corrected chi connectivity index (χ4v) is 2.46. The highest BCUT2D eigenvalue weighted by Gasteiger charge is 2.17. The van der Waals surface area contributed by atoms with E-state index in [9.17, 15) is 9.59 Å². The molecule has 1 amide bonds. The van der Waals surface area contributed by atoms with Crippen LogP contribution in [0.15, 0.2) is 29.1 Å². The van der Waals surface area contributed by atoms with E-state index in [0.29, 0.717) is 11.6 Å². The fraction of sp³-hybridized carbons (Fsp3) is 0.312. The van der Waals surface area contributed by atoms with Gasteiger partial charge in [0.1, 0.15) is 0 Å². The quantitative estimate of drug-likeness (QED) is 0.721. The van der Waals surface area contributed by atoms with E-state index in [0.717, 1.165) is 12.0 Å². The molecule has 2 N–H and O–H groups in total. The van der Waals surface area contributed by atoms with Crippen molar-refractivity contribution in [2.75, 3.05) is 0 Å². The lowest BCUT2D eigenvalue weighted by Crippen LogP contribution is -2.34. The number of carbonyl (C=O) groups excluding carboxylic acids is 1. The third-order valence-electron chi connectivity index (χ3n) is 3.86. The van der Waals surface area contributed by atoms with Crippen molar-refractivity contribution >= 4 is 28.7 Å². The summed E-state index contributed by atoms with van der Waals surface area (Å²) >= 11 is 6.16. The van der Waals surface area contributed by atoms with Crippen LogP contribution in [0.25, 0.3) is 11.2 Å². The molecule has 0 saturated carbocycles. The van der Waals surface area contributed by atoms with Crippen LogP contribution in [0.4, 0.5) is 0 Å². The van der Waals surface area contributed by atoms with Gasteiger partial charge in [-0.25, -0.2) is 9.67 Å². The number of benzene rings is 1. The second-order valence-electron chi connectivity index (χ2n) is 5.71. The number of aromatic nitrogens is 5. The van der Waals surface area contributed by atoms with Crippen molar-refractivity contribution in [1.82, 2.24) is 30.3 Å². The summed E-state index contributed by atoms with van der Waals surface area (Å²) in [6.07, 6.45) is 0.768. The number of amides is 1. The Morgan fingerprint density at radius 2 is 2.16 bits per heavy atom. The average Bonchev–Trinajstić information content (AvgIpc) is 3.00. The summed E-state index contributed by atoms with van der Waals surface area (Å²) in [5.41, 5.74) is 0.610. The summed E-state index contributed by atoms with van der Waals surface area (Å²) in [6, 6.07) is 7.26. The molecule has 0 radical (unpaired) electrons. The number of fused-ring (bicyclic) bond motifs is 1. The molecule has 3 aromatic rings. The minimum atomic E-state index is -0.510. The van der Waals surface area contributed by atoms with Crippen molar-refractivity contribution in [3.05, 3.63) is 51.0 Å². The van der Waals surface area contributed by atoms with E-state index in [2.05, 4.69) is 25.6 Å². The lowest BCUT2D eigenvalue weighted by Gasteiger charge is -2.10. The number of nitrogens with zero attached hydrogens (tertiary/aromatic N) is 4.